The largest absolute Gasteiger partial charge is 0.493 e. The zero-order valence-electron chi connectivity index (χ0n) is 17.4. The Kier molecular flexibility index (Phi) is 5.78. The Morgan fingerprint density at radius 2 is 1.71 bits per heavy atom. The maximum Gasteiger partial charge on any atom is 0.254 e. The highest BCUT2D eigenvalue weighted by Crippen LogP contribution is 2.32. The van der Waals surface area contributed by atoms with Crippen LogP contribution in [-0.4, -0.2) is 86.2 Å². The second-order valence-electron chi connectivity index (χ2n) is 8.58. The van der Waals surface area contributed by atoms with Gasteiger partial charge in [0, 0.05) is 43.8 Å². The number of benzene rings is 1. The lowest BCUT2D eigenvalue weighted by atomic mass is 10.1. The molecule has 0 aromatic heterocycles. The number of likely N-dealkylation sites (N-methyl/N-ethyl adjacent to an activating group) is 1. The Hall–Kier alpha value is -1.79. The minimum atomic E-state index is 0.102. The monoisotopic (exact) mass is 387 g/mol. The van der Waals surface area contributed by atoms with Crippen LogP contribution in [0.25, 0.3) is 0 Å². The molecule has 0 saturated carbocycles. The molecule has 3 heterocycles. The Morgan fingerprint density at radius 1 is 0.964 bits per heavy atom. The molecule has 28 heavy (non-hydrogen) atoms. The van der Waals surface area contributed by atoms with Crippen molar-refractivity contribution in [2.45, 2.75) is 50.3 Å². The molecule has 4 rings (SSSR count). The van der Waals surface area contributed by atoms with Gasteiger partial charge in [-0.25, -0.2) is 0 Å². The molecule has 3 aliphatic heterocycles. The van der Waals surface area contributed by atoms with Gasteiger partial charge in [0.05, 0.1) is 7.11 Å². The first-order valence-corrected chi connectivity index (χ1v) is 10.6. The molecule has 2 bridgehead atoms. The van der Waals surface area contributed by atoms with Gasteiger partial charge in [0.25, 0.3) is 5.91 Å². The predicted molar refractivity (Wildman–Crippen MR) is 109 cm³/mol. The van der Waals surface area contributed by atoms with E-state index in [1.807, 2.05) is 23.1 Å². The van der Waals surface area contributed by atoms with Gasteiger partial charge in [0.15, 0.2) is 11.5 Å². The molecule has 3 aliphatic rings. The summed E-state index contributed by atoms with van der Waals surface area (Å²) in [6.07, 6.45) is 5.77. The van der Waals surface area contributed by atoms with Crippen LogP contribution in [0.3, 0.4) is 0 Å². The summed E-state index contributed by atoms with van der Waals surface area (Å²) in [6.45, 7) is 3.76. The Labute approximate surface area is 168 Å². The second-order valence-corrected chi connectivity index (χ2v) is 8.58. The van der Waals surface area contributed by atoms with Crippen molar-refractivity contribution in [1.29, 1.82) is 0 Å². The number of nitrogens with zero attached hydrogens (tertiary/aromatic N) is 3. The Balaban J connectivity index is 1.45. The van der Waals surface area contributed by atoms with E-state index in [1.165, 1.54) is 12.8 Å². The minimum absolute atomic E-state index is 0.102. The van der Waals surface area contributed by atoms with Gasteiger partial charge in [-0.3, -0.25) is 9.69 Å². The molecule has 0 N–H and O–H groups in total. The number of ether oxygens (including phenoxy) is 2. The number of amides is 1. The van der Waals surface area contributed by atoms with Gasteiger partial charge in [0.2, 0.25) is 0 Å². The van der Waals surface area contributed by atoms with Crippen LogP contribution in [0.15, 0.2) is 18.2 Å². The standard InChI is InChI=1S/C22H33N3O3/c1-23-11-9-19(10-12-23)28-20-7-4-16(14-21(20)27-3)22(26)25-13-8-17-5-6-18(15-25)24(17)2/h4,7,14,17-19H,5-6,8-13,15H2,1-3H3/t17-,18+/m0/s1. The number of fused-ring (bicyclic) bond motifs is 2. The molecule has 3 saturated heterocycles. The lowest BCUT2D eigenvalue weighted by Crippen LogP contribution is -2.39. The van der Waals surface area contributed by atoms with Crippen molar-refractivity contribution in [2.24, 2.45) is 0 Å². The van der Waals surface area contributed by atoms with E-state index in [1.54, 1.807) is 7.11 Å². The van der Waals surface area contributed by atoms with E-state index < -0.39 is 0 Å². The summed E-state index contributed by atoms with van der Waals surface area (Å²) in [5.41, 5.74) is 0.688. The molecular formula is C22H33N3O3. The number of rotatable bonds is 4. The number of carbonyl (C=O) groups is 1. The Bertz CT molecular complexity index is 702. The van der Waals surface area contributed by atoms with Gasteiger partial charge in [-0.15, -0.1) is 0 Å². The van der Waals surface area contributed by atoms with Crippen LogP contribution in [-0.2, 0) is 0 Å². The smallest absolute Gasteiger partial charge is 0.254 e. The maximum absolute atomic E-state index is 13.1. The van der Waals surface area contributed by atoms with Crippen molar-refractivity contribution in [3.8, 4) is 11.5 Å². The number of piperidine rings is 1. The zero-order chi connectivity index (χ0) is 19.7. The molecule has 1 aromatic carbocycles. The van der Waals surface area contributed by atoms with Gasteiger partial charge in [0.1, 0.15) is 6.10 Å². The summed E-state index contributed by atoms with van der Waals surface area (Å²) in [5, 5.41) is 0. The number of likely N-dealkylation sites (tertiary alicyclic amines) is 2. The molecule has 6 nitrogen and oxygen atoms in total. The first-order chi connectivity index (χ1) is 13.5. The van der Waals surface area contributed by atoms with Crippen molar-refractivity contribution < 1.29 is 14.3 Å². The lowest BCUT2D eigenvalue weighted by Gasteiger charge is -2.30. The van der Waals surface area contributed by atoms with E-state index in [2.05, 4.69) is 23.9 Å². The second kappa shape index (κ2) is 8.29. The van der Waals surface area contributed by atoms with Crippen molar-refractivity contribution in [3.05, 3.63) is 23.8 Å². The van der Waals surface area contributed by atoms with E-state index in [0.29, 0.717) is 23.4 Å². The van der Waals surface area contributed by atoms with E-state index in [0.717, 1.165) is 51.2 Å². The lowest BCUT2D eigenvalue weighted by molar-refractivity contribution is 0.0739. The first-order valence-electron chi connectivity index (χ1n) is 10.6. The van der Waals surface area contributed by atoms with Crippen LogP contribution >= 0.6 is 0 Å². The molecule has 0 aliphatic carbocycles. The molecule has 1 amide bonds. The molecule has 2 atom stereocenters. The van der Waals surface area contributed by atoms with E-state index >= 15 is 0 Å². The minimum Gasteiger partial charge on any atom is -0.493 e. The van der Waals surface area contributed by atoms with Crippen LogP contribution in [0, 0.1) is 0 Å². The van der Waals surface area contributed by atoms with E-state index in [-0.39, 0.29) is 12.0 Å². The molecule has 154 valence electrons. The van der Waals surface area contributed by atoms with Crippen LogP contribution in [0.2, 0.25) is 0 Å². The van der Waals surface area contributed by atoms with Crippen molar-refractivity contribution >= 4 is 5.91 Å². The summed E-state index contributed by atoms with van der Waals surface area (Å²) >= 11 is 0. The van der Waals surface area contributed by atoms with Crippen LogP contribution in [0.5, 0.6) is 11.5 Å². The molecule has 6 heteroatoms. The highest BCUT2D eigenvalue weighted by Gasteiger charge is 2.36. The third-order valence-corrected chi connectivity index (χ3v) is 6.81. The fourth-order valence-corrected chi connectivity index (χ4v) is 4.86. The van der Waals surface area contributed by atoms with Crippen LogP contribution in [0.1, 0.15) is 42.5 Å². The first kappa shape index (κ1) is 19.5. The topological polar surface area (TPSA) is 45.3 Å². The average Bonchev–Trinajstić information content (AvgIpc) is 2.95. The van der Waals surface area contributed by atoms with Gasteiger partial charge in [-0.05, 0) is 64.4 Å². The quantitative estimate of drug-likeness (QED) is 0.794. The summed E-state index contributed by atoms with van der Waals surface area (Å²) < 4.78 is 11.8. The molecular weight excluding hydrogens is 354 g/mol. The fraction of sp³-hybridized carbons (Fsp3) is 0.682. The molecule has 0 spiro atoms. The highest BCUT2D eigenvalue weighted by atomic mass is 16.5. The fourth-order valence-electron chi connectivity index (χ4n) is 4.86. The molecule has 0 radical (unpaired) electrons. The van der Waals surface area contributed by atoms with E-state index in [4.69, 9.17) is 9.47 Å². The number of methoxy groups -OCH3 is 1. The van der Waals surface area contributed by atoms with Gasteiger partial charge < -0.3 is 19.3 Å². The van der Waals surface area contributed by atoms with Crippen molar-refractivity contribution in [2.75, 3.05) is 47.4 Å². The van der Waals surface area contributed by atoms with Gasteiger partial charge in [-0.1, -0.05) is 0 Å². The van der Waals surface area contributed by atoms with Crippen molar-refractivity contribution in [1.82, 2.24) is 14.7 Å². The summed E-state index contributed by atoms with van der Waals surface area (Å²) in [7, 11) is 5.99. The third kappa shape index (κ3) is 3.98. The SMILES string of the molecule is COc1cc(C(=O)N2CC[C@@H]3CC[C@H](C2)N3C)ccc1OC1CCN(C)CC1. The molecule has 1 aromatic rings. The summed E-state index contributed by atoms with van der Waals surface area (Å²) in [6, 6.07) is 6.76. The van der Waals surface area contributed by atoms with Crippen LogP contribution in [0.4, 0.5) is 0 Å². The number of carbonyl (C=O) groups excluding carboxylic acids is 1. The summed E-state index contributed by atoms with van der Waals surface area (Å²) in [5.74, 6) is 1.49. The Morgan fingerprint density at radius 3 is 2.46 bits per heavy atom. The molecule has 0 unspecified atom stereocenters. The molecule has 3 fully saturated rings. The highest BCUT2D eigenvalue weighted by molar-refractivity contribution is 5.95. The van der Waals surface area contributed by atoms with Gasteiger partial charge in [-0.2, -0.15) is 0 Å². The van der Waals surface area contributed by atoms with Crippen molar-refractivity contribution in [3.63, 3.8) is 0 Å². The van der Waals surface area contributed by atoms with Gasteiger partial charge >= 0.3 is 0 Å². The zero-order valence-corrected chi connectivity index (χ0v) is 17.4. The normalized spacial score (nSPS) is 26.9. The number of hydrogen-bond donors (Lipinski definition) is 0. The van der Waals surface area contributed by atoms with Crippen LogP contribution < -0.4 is 9.47 Å². The number of hydrogen-bond acceptors (Lipinski definition) is 5. The summed E-state index contributed by atoms with van der Waals surface area (Å²) in [4.78, 5) is 20.0. The maximum atomic E-state index is 13.1. The predicted octanol–water partition coefficient (Wildman–Crippen LogP) is 2.48. The third-order valence-electron chi connectivity index (χ3n) is 6.81. The average molecular weight is 388 g/mol. The van der Waals surface area contributed by atoms with E-state index in [9.17, 15) is 4.79 Å².